The highest BCUT2D eigenvalue weighted by Gasteiger charge is 2.10. The Morgan fingerprint density at radius 1 is 1.47 bits per heavy atom. The molecule has 17 heavy (non-hydrogen) atoms. The third kappa shape index (κ3) is 2.42. The van der Waals surface area contributed by atoms with Crippen LogP contribution in [0.5, 0.6) is 0 Å². The number of rotatable bonds is 4. The fourth-order valence-electron chi connectivity index (χ4n) is 2.13. The Labute approximate surface area is 101 Å². The summed E-state index contributed by atoms with van der Waals surface area (Å²) < 4.78 is 4.06. The van der Waals surface area contributed by atoms with Crippen molar-refractivity contribution in [2.45, 2.75) is 40.0 Å². The lowest BCUT2D eigenvalue weighted by Gasteiger charge is -2.12. The van der Waals surface area contributed by atoms with Gasteiger partial charge in [0.15, 0.2) is 0 Å². The molecule has 1 N–H and O–H groups in total. The van der Waals surface area contributed by atoms with Crippen LogP contribution < -0.4 is 0 Å². The first kappa shape index (κ1) is 11.9. The second-order valence-corrected chi connectivity index (χ2v) is 4.33. The van der Waals surface area contributed by atoms with Gasteiger partial charge in [0.1, 0.15) is 0 Å². The zero-order valence-corrected chi connectivity index (χ0v) is 10.6. The third-order valence-electron chi connectivity index (χ3n) is 2.91. The van der Waals surface area contributed by atoms with Gasteiger partial charge in [0.25, 0.3) is 0 Å². The van der Waals surface area contributed by atoms with E-state index in [0.717, 1.165) is 24.5 Å². The SMILES string of the molecule is CCn1nc(C)cc1Cn1cccc1C(C)O. The van der Waals surface area contributed by atoms with E-state index in [2.05, 4.69) is 22.7 Å². The van der Waals surface area contributed by atoms with Crippen LogP contribution in [0.2, 0.25) is 0 Å². The summed E-state index contributed by atoms with van der Waals surface area (Å²) in [4.78, 5) is 0. The summed E-state index contributed by atoms with van der Waals surface area (Å²) >= 11 is 0. The van der Waals surface area contributed by atoms with Gasteiger partial charge in [0.05, 0.1) is 24.0 Å². The molecular formula is C13H19N3O. The summed E-state index contributed by atoms with van der Waals surface area (Å²) in [6, 6.07) is 6.00. The molecule has 0 fully saturated rings. The summed E-state index contributed by atoms with van der Waals surface area (Å²) in [6.45, 7) is 7.49. The number of nitrogens with zero attached hydrogens (tertiary/aromatic N) is 3. The van der Waals surface area contributed by atoms with E-state index in [0.29, 0.717) is 0 Å². The molecule has 0 saturated carbocycles. The van der Waals surface area contributed by atoms with Gasteiger partial charge in [-0.1, -0.05) is 0 Å². The van der Waals surface area contributed by atoms with Crippen LogP contribution in [0.4, 0.5) is 0 Å². The molecule has 0 aliphatic carbocycles. The highest BCUT2D eigenvalue weighted by Crippen LogP contribution is 2.15. The van der Waals surface area contributed by atoms with Crippen LogP contribution in [0, 0.1) is 6.92 Å². The zero-order valence-electron chi connectivity index (χ0n) is 10.6. The summed E-state index contributed by atoms with van der Waals surface area (Å²) in [5.41, 5.74) is 3.14. The van der Waals surface area contributed by atoms with Crippen molar-refractivity contribution in [3.63, 3.8) is 0 Å². The number of hydrogen-bond donors (Lipinski definition) is 1. The first-order chi connectivity index (χ1) is 8.11. The predicted molar refractivity (Wildman–Crippen MR) is 66.8 cm³/mol. The lowest BCUT2D eigenvalue weighted by Crippen LogP contribution is -2.10. The number of aliphatic hydroxyl groups is 1. The molecule has 2 aromatic rings. The van der Waals surface area contributed by atoms with Crippen LogP contribution in [0.15, 0.2) is 24.4 Å². The maximum atomic E-state index is 9.66. The zero-order chi connectivity index (χ0) is 12.4. The lowest BCUT2D eigenvalue weighted by atomic mass is 10.3. The molecule has 4 heteroatoms. The minimum absolute atomic E-state index is 0.441. The number of hydrogen-bond acceptors (Lipinski definition) is 2. The molecule has 92 valence electrons. The third-order valence-corrected chi connectivity index (χ3v) is 2.91. The van der Waals surface area contributed by atoms with Crippen molar-refractivity contribution in [1.82, 2.24) is 14.3 Å². The van der Waals surface area contributed by atoms with Gasteiger partial charge in [-0.25, -0.2) is 0 Å². The van der Waals surface area contributed by atoms with Gasteiger partial charge in [0.2, 0.25) is 0 Å². The van der Waals surface area contributed by atoms with Crippen LogP contribution in [0.1, 0.15) is 37.0 Å². The van der Waals surface area contributed by atoms with E-state index in [1.54, 1.807) is 6.92 Å². The van der Waals surface area contributed by atoms with E-state index in [1.165, 1.54) is 5.69 Å². The van der Waals surface area contributed by atoms with Gasteiger partial charge in [-0.15, -0.1) is 0 Å². The van der Waals surface area contributed by atoms with E-state index in [9.17, 15) is 5.11 Å². The number of aryl methyl sites for hydroxylation is 2. The number of aromatic nitrogens is 3. The minimum Gasteiger partial charge on any atom is -0.387 e. The molecule has 2 heterocycles. The van der Waals surface area contributed by atoms with E-state index in [1.807, 2.05) is 29.9 Å². The van der Waals surface area contributed by atoms with Crippen molar-refractivity contribution in [2.24, 2.45) is 0 Å². The van der Waals surface area contributed by atoms with Gasteiger partial charge >= 0.3 is 0 Å². The van der Waals surface area contributed by atoms with Gasteiger partial charge in [0, 0.05) is 18.4 Å². The molecule has 1 unspecified atom stereocenters. The second-order valence-electron chi connectivity index (χ2n) is 4.33. The maximum Gasteiger partial charge on any atom is 0.0911 e. The minimum atomic E-state index is -0.441. The molecule has 2 aromatic heterocycles. The summed E-state index contributed by atoms with van der Waals surface area (Å²) in [7, 11) is 0. The lowest BCUT2D eigenvalue weighted by molar-refractivity contribution is 0.189. The summed E-state index contributed by atoms with van der Waals surface area (Å²) in [6.07, 6.45) is 1.55. The molecule has 0 bridgehead atoms. The predicted octanol–water partition coefficient (Wildman–Crippen LogP) is 2.11. The smallest absolute Gasteiger partial charge is 0.0911 e. The van der Waals surface area contributed by atoms with Gasteiger partial charge in [-0.2, -0.15) is 5.10 Å². The highest BCUT2D eigenvalue weighted by atomic mass is 16.3. The summed E-state index contributed by atoms with van der Waals surface area (Å²) in [5, 5.41) is 14.1. The fraction of sp³-hybridized carbons (Fsp3) is 0.462. The molecule has 0 aromatic carbocycles. The van der Waals surface area contributed by atoms with E-state index in [-0.39, 0.29) is 0 Å². The topological polar surface area (TPSA) is 43.0 Å². The number of aliphatic hydroxyl groups excluding tert-OH is 1. The Morgan fingerprint density at radius 2 is 2.24 bits per heavy atom. The molecule has 0 saturated heterocycles. The van der Waals surface area contributed by atoms with Gasteiger partial charge < -0.3 is 9.67 Å². The quantitative estimate of drug-likeness (QED) is 0.879. The van der Waals surface area contributed by atoms with Crippen LogP contribution in [-0.2, 0) is 13.1 Å². The molecule has 0 radical (unpaired) electrons. The Bertz CT molecular complexity index is 496. The Morgan fingerprint density at radius 3 is 2.88 bits per heavy atom. The van der Waals surface area contributed by atoms with E-state index >= 15 is 0 Å². The van der Waals surface area contributed by atoms with Crippen LogP contribution in [0.3, 0.4) is 0 Å². The monoisotopic (exact) mass is 233 g/mol. The van der Waals surface area contributed by atoms with Crippen LogP contribution in [0.25, 0.3) is 0 Å². The first-order valence-electron chi connectivity index (χ1n) is 5.98. The second kappa shape index (κ2) is 4.75. The standard InChI is InChI=1S/C13H19N3O/c1-4-16-12(8-10(2)14-16)9-15-7-5-6-13(15)11(3)17/h5-8,11,17H,4,9H2,1-3H3. The van der Waals surface area contributed by atoms with Crippen LogP contribution in [-0.4, -0.2) is 19.5 Å². The van der Waals surface area contributed by atoms with Crippen molar-refractivity contribution in [3.8, 4) is 0 Å². The first-order valence-corrected chi connectivity index (χ1v) is 5.98. The molecule has 0 spiro atoms. The van der Waals surface area contributed by atoms with Crippen molar-refractivity contribution in [2.75, 3.05) is 0 Å². The Kier molecular flexibility index (Phi) is 3.33. The molecule has 0 amide bonds. The van der Waals surface area contributed by atoms with Crippen molar-refractivity contribution in [1.29, 1.82) is 0 Å². The molecule has 1 atom stereocenters. The fourth-order valence-corrected chi connectivity index (χ4v) is 2.13. The van der Waals surface area contributed by atoms with Crippen molar-refractivity contribution < 1.29 is 5.11 Å². The Balaban J connectivity index is 2.28. The normalized spacial score (nSPS) is 12.9. The maximum absolute atomic E-state index is 9.66. The Hall–Kier alpha value is -1.55. The van der Waals surface area contributed by atoms with Crippen LogP contribution >= 0.6 is 0 Å². The molecule has 0 aliphatic rings. The van der Waals surface area contributed by atoms with E-state index < -0.39 is 6.10 Å². The molecule has 2 rings (SSSR count). The highest BCUT2D eigenvalue weighted by molar-refractivity contribution is 5.15. The molecule has 0 aliphatic heterocycles. The molecular weight excluding hydrogens is 214 g/mol. The van der Waals surface area contributed by atoms with Crippen molar-refractivity contribution >= 4 is 0 Å². The molecule has 4 nitrogen and oxygen atoms in total. The van der Waals surface area contributed by atoms with Gasteiger partial charge in [-0.3, -0.25) is 4.68 Å². The van der Waals surface area contributed by atoms with E-state index in [4.69, 9.17) is 0 Å². The largest absolute Gasteiger partial charge is 0.387 e. The average Bonchev–Trinajstić information content (AvgIpc) is 2.85. The average molecular weight is 233 g/mol. The summed E-state index contributed by atoms with van der Waals surface area (Å²) in [5.74, 6) is 0. The van der Waals surface area contributed by atoms with Gasteiger partial charge in [-0.05, 0) is 39.0 Å². The van der Waals surface area contributed by atoms with Crippen molar-refractivity contribution in [3.05, 3.63) is 41.5 Å².